The molecule has 2 aliphatic heterocycles. The van der Waals surface area contributed by atoms with Crippen LogP contribution in [0.4, 0.5) is 0 Å². The van der Waals surface area contributed by atoms with Crippen molar-refractivity contribution in [2.24, 2.45) is 0 Å². The normalized spacial score (nSPS) is 19.6. The van der Waals surface area contributed by atoms with Gasteiger partial charge in [-0.15, -0.1) is 0 Å². The summed E-state index contributed by atoms with van der Waals surface area (Å²) in [6.45, 7) is 10.3. The highest BCUT2D eigenvalue weighted by Crippen LogP contribution is 2.36. The molecule has 5 nitrogen and oxygen atoms in total. The summed E-state index contributed by atoms with van der Waals surface area (Å²) >= 11 is 0. The van der Waals surface area contributed by atoms with E-state index < -0.39 is 18.3 Å². The maximum Gasteiger partial charge on any atom is 0.494 e. The monoisotopic (exact) mass is 421 g/mol. The fraction of sp³-hybridized carbons (Fsp3) is 0.480. The topological polar surface area (TPSA) is 48.0 Å². The second kappa shape index (κ2) is 8.68. The molecule has 0 spiro atoms. The van der Waals surface area contributed by atoms with Gasteiger partial charge >= 0.3 is 7.12 Å². The molecule has 0 bridgehead atoms. The van der Waals surface area contributed by atoms with Crippen LogP contribution in [0.2, 0.25) is 0 Å². The molecule has 0 radical (unpaired) electrons. The maximum atomic E-state index is 12.9. The van der Waals surface area contributed by atoms with Crippen LogP contribution in [0.15, 0.2) is 48.5 Å². The Labute approximate surface area is 185 Å². The molecule has 164 valence electrons. The highest BCUT2D eigenvalue weighted by molar-refractivity contribution is 6.62. The molecular weight excluding hydrogens is 389 g/mol. The molecule has 0 aromatic heterocycles. The molecule has 0 atom stereocenters. The summed E-state index contributed by atoms with van der Waals surface area (Å²) in [5.41, 5.74) is 2.06. The predicted molar refractivity (Wildman–Crippen MR) is 122 cm³/mol. The highest BCUT2D eigenvalue weighted by Gasteiger charge is 2.51. The third-order valence-corrected chi connectivity index (χ3v) is 6.65. The van der Waals surface area contributed by atoms with Crippen molar-refractivity contribution >= 4 is 18.5 Å². The first-order valence-electron chi connectivity index (χ1n) is 11.2. The van der Waals surface area contributed by atoms with Gasteiger partial charge in [-0.05, 0) is 57.6 Å². The van der Waals surface area contributed by atoms with Gasteiger partial charge in [0, 0.05) is 18.7 Å². The first-order chi connectivity index (χ1) is 14.7. The molecule has 2 saturated heterocycles. The molecule has 0 aliphatic carbocycles. The largest absolute Gasteiger partial charge is 0.494 e. The molecule has 2 aliphatic rings. The van der Waals surface area contributed by atoms with Crippen molar-refractivity contribution in [2.45, 2.75) is 64.8 Å². The van der Waals surface area contributed by atoms with Crippen LogP contribution >= 0.6 is 0 Å². The first kappa shape index (κ1) is 21.9. The third kappa shape index (κ3) is 4.80. The van der Waals surface area contributed by atoms with Crippen molar-refractivity contribution in [1.29, 1.82) is 0 Å². The van der Waals surface area contributed by atoms with Crippen molar-refractivity contribution in [3.63, 3.8) is 0 Å². The van der Waals surface area contributed by atoms with Gasteiger partial charge in [-0.2, -0.15) is 0 Å². The number of carbonyl (C=O) groups is 1. The van der Waals surface area contributed by atoms with Gasteiger partial charge in [0.05, 0.1) is 17.6 Å². The van der Waals surface area contributed by atoms with Crippen LogP contribution in [0.3, 0.4) is 0 Å². The fourth-order valence-electron chi connectivity index (χ4n) is 3.98. The number of hydrogen-bond acceptors (Lipinski definition) is 4. The Morgan fingerprint density at radius 1 is 1.00 bits per heavy atom. The van der Waals surface area contributed by atoms with E-state index >= 15 is 0 Å². The predicted octanol–water partition coefficient (Wildman–Crippen LogP) is 3.73. The zero-order valence-corrected chi connectivity index (χ0v) is 19.0. The van der Waals surface area contributed by atoms with Crippen molar-refractivity contribution < 1.29 is 18.8 Å². The van der Waals surface area contributed by atoms with E-state index in [4.69, 9.17) is 14.0 Å². The van der Waals surface area contributed by atoms with E-state index in [0.29, 0.717) is 13.0 Å². The summed E-state index contributed by atoms with van der Waals surface area (Å²) in [6.07, 6.45) is 2.48. The standard InChI is InChI=1S/C25H32BNO4/c1-24(2)25(3,4)31-26(30-24)21-12-13-22(29-18-19-10-6-5-7-11-19)20(16-21)17-23(28)27-14-8-9-15-27/h5-7,10-13,16H,8-9,14-15,17-18H2,1-4H3. The van der Waals surface area contributed by atoms with E-state index in [-0.39, 0.29) is 5.91 Å². The zero-order valence-electron chi connectivity index (χ0n) is 19.0. The van der Waals surface area contributed by atoms with Gasteiger partial charge in [-0.1, -0.05) is 42.5 Å². The van der Waals surface area contributed by atoms with Crippen LogP contribution in [0.1, 0.15) is 51.7 Å². The van der Waals surface area contributed by atoms with E-state index in [1.165, 1.54) is 0 Å². The van der Waals surface area contributed by atoms with Crippen LogP contribution in [0.5, 0.6) is 5.75 Å². The van der Waals surface area contributed by atoms with Crippen molar-refractivity contribution in [2.75, 3.05) is 13.1 Å². The zero-order chi connectivity index (χ0) is 22.1. The summed E-state index contributed by atoms with van der Waals surface area (Å²) in [5.74, 6) is 0.879. The number of nitrogens with zero attached hydrogens (tertiary/aromatic N) is 1. The van der Waals surface area contributed by atoms with E-state index in [1.807, 2.05) is 81.1 Å². The lowest BCUT2D eigenvalue weighted by atomic mass is 9.78. The van der Waals surface area contributed by atoms with Gasteiger partial charge in [0.25, 0.3) is 0 Å². The Morgan fingerprint density at radius 3 is 2.29 bits per heavy atom. The Bertz CT molecular complexity index is 906. The molecule has 2 heterocycles. The van der Waals surface area contributed by atoms with Crippen LogP contribution in [-0.2, 0) is 27.1 Å². The lowest BCUT2D eigenvalue weighted by Gasteiger charge is -2.32. The van der Waals surface area contributed by atoms with Gasteiger partial charge in [0.15, 0.2) is 0 Å². The molecule has 2 aromatic rings. The van der Waals surface area contributed by atoms with Crippen molar-refractivity contribution in [3.05, 3.63) is 59.7 Å². The molecule has 0 N–H and O–H groups in total. The molecule has 31 heavy (non-hydrogen) atoms. The number of hydrogen-bond donors (Lipinski definition) is 0. The minimum absolute atomic E-state index is 0.146. The first-order valence-corrected chi connectivity index (χ1v) is 11.2. The lowest BCUT2D eigenvalue weighted by Crippen LogP contribution is -2.41. The Kier molecular flexibility index (Phi) is 6.13. The highest BCUT2D eigenvalue weighted by atomic mass is 16.7. The van der Waals surface area contributed by atoms with Gasteiger partial charge in [-0.3, -0.25) is 4.79 Å². The number of ether oxygens (including phenoxy) is 1. The molecule has 2 fully saturated rings. The Balaban J connectivity index is 1.57. The molecule has 0 saturated carbocycles. The van der Waals surface area contributed by atoms with Crippen LogP contribution in [-0.4, -0.2) is 42.2 Å². The molecular formula is C25H32BNO4. The van der Waals surface area contributed by atoms with Gasteiger partial charge in [0.2, 0.25) is 5.91 Å². The van der Waals surface area contributed by atoms with Gasteiger partial charge in [-0.25, -0.2) is 0 Å². The SMILES string of the molecule is CC1(C)OB(c2ccc(OCc3ccccc3)c(CC(=O)N3CCCC3)c2)OC1(C)C. The molecule has 6 heteroatoms. The van der Waals surface area contributed by atoms with E-state index in [9.17, 15) is 4.79 Å². The fourth-order valence-corrected chi connectivity index (χ4v) is 3.98. The average molecular weight is 421 g/mol. The molecule has 2 aromatic carbocycles. The summed E-state index contributed by atoms with van der Waals surface area (Å²) in [4.78, 5) is 14.8. The maximum absolute atomic E-state index is 12.9. The second-order valence-electron chi connectivity index (χ2n) is 9.49. The van der Waals surface area contributed by atoms with E-state index in [1.54, 1.807) is 0 Å². The van der Waals surface area contributed by atoms with E-state index in [2.05, 4.69) is 0 Å². The average Bonchev–Trinajstić information content (AvgIpc) is 3.34. The van der Waals surface area contributed by atoms with E-state index in [0.717, 1.165) is 48.3 Å². The molecule has 1 amide bonds. The smallest absolute Gasteiger partial charge is 0.489 e. The molecule has 4 rings (SSSR count). The second-order valence-corrected chi connectivity index (χ2v) is 9.49. The minimum Gasteiger partial charge on any atom is -0.489 e. The van der Waals surface area contributed by atoms with Gasteiger partial charge < -0.3 is 18.9 Å². The van der Waals surface area contributed by atoms with Crippen molar-refractivity contribution in [1.82, 2.24) is 4.90 Å². The Hall–Kier alpha value is -2.31. The van der Waals surface area contributed by atoms with Crippen LogP contribution in [0, 0.1) is 0 Å². The van der Waals surface area contributed by atoms with Crippen LogP contribution < -0.4 is 10.2 Å². The quantitative estimate of drug-likeness (QED) is 0.667. The van der Waals surface area contributed by atoms with Gasteiger partial charge in [0.1, 0.15) is 12.4 Å². The number of rotatable bonds is 6. The summed E-state index contributed by atoms with van der Waals surface area (Å²) in [5, 5.41) is 0. The Morgan fingerprint density at radius 2 is 1.65 bits per heavy atom. The number of benzene rings is 2. The lowest BCUT2D eigenvalue weighted by molar-refractivity contribution is -0.129. The minimum atomic E-state index is -0.464. The molecule has 0 unspecified atom stereocenters. The summed E-state index contributed by atoms with van der Waals surface area (Å²) in [6, 6.07) is 16.0. The number of carbonyl (C=O) groups excluding carboxylic acids is 1. The third-order valence-electron chi connectivity index (χ3n) is 6.65. The number of likely N-dealkylation sites (tertiary alicyclic amines) is 1. The van der Waals surface area contributed by atoms with Crippen molar-refractivity contribution in [3.8, 4) is 5.75 Å². The summed E-state index contributed by atoms with van der Waals surface area (Å²) in [7, 11) is -0.464. The number of amides is 1. The van der Waals surface area contributed by atoms with Crippen LogP contribution in [0.25, 0.3) is 0 Å². The summed E-state index contributed by atoms with van der Waals surface area (Å²) < 4.78 is 18.6.